The molecule has 1 fully saturated rings. The third-order valence-corrected chi connectivity index (χ3v) is 3.52. The zero-order valence-electron chi connectivity index (χ0n) is 8.61. The summed E-state index contributed by atoms with van der Waals surface area (Å²) in [6, 6.07) is 0. The van der Waals surface area contributed by atoms with Crippen molar-refractivity contribution in [1.29, 1.82) is 0 Å². The van der Waals surface area contributed by atoms with Gasteiger partial charge in [-0.1, -0.05) is 23.8 Å². The van der Waals surface area contributed by atoms with Crippen molar-refractivity contribution in [2.24, 2.45) is 11.8 Å². The summed E-state index contributed by atoms with van der Waals surface area (Å²) < 4.78 is 9.34. The second kappa shape index (κ2) is 5.39. The summed E-state index contributed by atoms with van der Waals surface area (Å²) in [6.07, 6.45) is 5.30. The molecule has 0 bridgehead atoms. The number of anilines is 1. The van der Waals surface area contributed by atoms with E-state index in [-0.39, 0.29) is 0 Å². The second-order valence-corrected chi connectivity index (χ2v) is 4.59. The molecule has 0 spiro atoms. The van der Waals surface area contributed by atoms with E-state index in [1.165, 1.54) is 37.2 Å². The molecule has 3 N–H and O–H groups in total. The molecule has 1 heterocycles. The largest absolute Gasteiger partial charge is 0.375 e. The van der Waals surface area contributed by atoms with Crippen molar-refractivity contribution in [3.63, 3.8) is 0 Å². The maximum Gasteiger partial charge on any atom is 0.149 e. The summed E-state index contributed by atoms with van der Waals surface area (Å²) in [5, 5.41) is 4.73. The van der Waals surface area contributed by atoms with E-state index in [1.54, 1.807) is 0 Å². The third-order valence-electron chi connectivity index (χ3n) is 2.82. The standard InChI is InChI=1S/C9H16N4OS/c10-11-9-8(12-13-15-9)6-14-5-4-7-2-1-3-7/h7,11H,1-6,10H2. The second-order valence-electron chi connectivity index (χ2n) is 3.83. The van der Waals surface area contributed by atoms with Gasteiger partial charge in [-0.3, -0.25) is 0 Å². The van der Waals surface area contributed by atoms with Gasteiger partial charge in [-0.05, 0) is 12.3 Å². The van der Waals surface area contributed by atoms with Gasteiger partial charge in [0.1, 0.15) is 10.7 Å². The normalized spacial score (nSPS) is 16.3. The average molecular weight is 228 g/mol. The van der Waals surface area contributed by atoms with E-state index in [2.05, 4.69) is 15.0 Å². The van der Waals surface area contributed by atoms with Gasteiger partial charge in [-0.15, -0.1) is 5.10 Å². The Labute approximate surface area is 93.1 Å². The van der Waals surface area contributed by atoms with E-state index in [0.717, 1.165) is 23.2 Å². The van der Waals surface area contributed by atoms with Gasteiger partial charge in [-0.25, -0.2) is 5.84 Å². The maximum atomic E-state index is 5.54. The van der Waals surface area contributed by atoms with Crippen LogP contribution in [0.3, 0.4) is 0 Å². The summed E-state index contributed by atoms with van der Waals surface area (Å²) in [4.78, 5) is 0. The highest BCUT2D eigenvalue weighted by Gasteiger charge is 2.16. The molecule has 1 saturated carbocycles. The van der Waals surface area contributed by atoms with Gasteiger partial charge in [0.2, 0.25) is 0 Å². The van der Waals surface area contributed by atoms with Gasteiger partial charge >= 0.3 is 0 Å². The molecule has 0 amide bonds. The lowest BCUT2D eigenvalue weighted by Crippen LogP contribution is -2.14. The Morgan fingerprint density at radius 1 is 1.53 bits per heavy atom. The average Bonchev–Trinajstić information content (AvgIpc) is 2.62. The van der Waals surface area contributed by atoms with Crippen LogP contribution in [0.4, 0.5) is 5.00 Å². The van der Waals surface area contributed by atoms with Crippen molar-refractivity contribution in [2.75, 3.05) is 12.0 Å². The topological polar surface area (TPSA) is 73.1 Å². The minimum Gasteiger partial charge on any atom is -0.375 e. The van der Waals surface area contributed by atoms with Crippen LogP contribution in [0.15, 0.2) is 0 Å². The van der Waals surface area contributed by atoms with Crippen molar-refractivity contribution in [2.45, 2.75) is 32.3 Å². The highest BCUT2D eigenvalue weighted by molar-refractivity contribution is 7.10. The molecule has 0 unspecified atom stereocenters. The van der Waals surface area contributed by atoms with Crippen LogP contribution in [-0.4, -0.2) is 16.2 Å². The van der Waals surface area contributed by atoms with Crippen molar-refractivity contribution < 1.29 is 4.74 Å². The number of rotatable bonds is 6. The van der Waals surface area contributed by atoms with E-state index < -0.39 is 0 Å². The summed E-state index contributed by atoms with van der Waals surface area (Å²) in [6.45, 7) is 1.31. The van der Waals surface area contributed by atoms with Crippen LogP contribution >= 0.6 is 11.5 Å². The molecule has 0 aromatic carbocycles. The number of nitrogens with zero attached hydrogens (tertiary/aromatic N) is 2. The minimum atomic E-state index is 0.503. The lowest BCUT2D eigenvalue weighted by molar-refractivity contribution is 0.0932. The predicted molar refractivity (Wildman–Crippen MR) is 59.3 cm³/mol. The molecule has 1 aromatic rings. The number of hydrogen-bond donors (Lipinski definition) is 2. The molecule has 1 aliphatic carbocycles. The Kier molecular flexibility index (Phi) is 3.87. The number of hydrogen-bond acceptors (Lipinski definition) is 6. The molecule has 5 nitrogen and oxygen atoms in total. The third kappa shape index (κ3) is 2.87. The van der Waals surface area contributed by atoms with Gasteiger partial charge in [-0.2, -0.15) is 0 Å². The Hall–Kier alpha value is -0.720. The van der Waals surface area contributed by atoms with Crippen LogP contribution in [0.1, 0.15) is 31.4 Å². The number of nitrogen functional groups attached to an aromatic ring is 1. The number of hydrazine groups is 1. The van der Waals surface area contributed by atoms with Gasteiger partial charge in [0, 0.05) is 18.1 Å². The minimum absolute atomic E-state index is 0.503. The lowest BCUT2D eigenvalue weighted by atomic mass is 9.83. The van der Waals surface area contributed by atoms with Crippen LogP contribution in [0, 0.1) is 5.92 Å². The number of nitrogens with two attached hydrogens (primary N) is 1. The maximum absolute atomic E-state index is 5.54. The van der Waals surface area contributed by atoms with Gasteiger partial charge < -0.3 is 10.2 Å². The zero-order valence-corrected chi connectivity index (χ0v) is 9.42. The van der Waals surface area contributed by atoms with E-state index in [1.807, 2.05) is 0 Å². The molecular weight excluding hydrogens is 212 g/mol. The van der Waals surface area contributed by atoms with Gasteiger partial charge in [0.15, 0.2) is 0 Å². The molecule has 0 aliphatic heterocycles. The van der Waals surface area contributed by atoms with E-state index >= 15 is 0 Å². The van der Waals surface area contributed by atoms with E-state index in [4.69, 9.17) is 10.6 Å². The first-order chi connectivity index (χ1) is 7.40. The van der Waals surface area contributed by atoms with E-state index in [9.17, 15) is 0 Å². The van der Waals surface area contributed by atoms with Crippen LogP contribution in [0.5, 0.6) is 0 Å². The zero-order chi connectivity index (χ0) is 10.5. The first-order valence-electron chi connectivity index (χ1n) is 5.25. The molecule has 84 valence electrons. The van der Waals surface area contributed by atoms with Crippen molar-refractivity contribution >= 4 is 16.5 Å². The molecule has 1 aromatic heterocycles. The summed E-state index contributed by atoms with van der Waals surface area (Å²) in [5.74, 6) is 6.20. The molecular formula is C9H16N4OS. The monoisotopic (exact) mass is 228 g/mol. The van der Waals surface area contributed by atoms with Crippen molar-refractivity contribution in [3.05, 3.63) is 5.69 Å². The van der Waals surface area contributed by atoms with Gasteiger partial charge in [0.25, 0.3) is 0 Å². The van der Waals surface area contributed by atoms with Crippen LogP contribution in [-0.2, 0) is 11.3 Å². The lowest BCUT2D eigenvalue weighted by Gasteiger charge is -2.24. The van der Waals surface area contributed by atoms with Crippen molar-refractivity contribution in [1.82, 2.24) is 9.59 Å². The Bertz CT molecular complexity index is 300. The fourth-order valence-electron chi connectivity index (χ4n) is 1.61. The SMILES string of the molecule is NNc1snnc1COCCC1CCC1. The predicted octanol–water partition coefficient (Wildman–Crippen LogP) is 1.53. The number of ether oxygens (including phenoxy) is 1. The fraction of sp³-hybridized carbons (Fsp3) is 0.778. The van der Waals surface area contributed by atoms with Crippen LogP contribution in [0.2, 0.25) is 0 Å². The molecule has 1 aliphatic rings. The fourth-order valence-corrected chi connectivity index (χ4v) is 2.09. The molecule has 15 heavy (non-hydrogen) atoms. The Morgan fingerprint density at radius 2 is 2.40 bits per heavy atom. The highest BCUT2D eigenvalue weighted by atomic mass is 32.1. The Balaban J connectivity index is 1.64. The summed E-state index contributed by atoms with van der Waals surface area (Å²) in [7, 11) is 0. The quantitative estimate of drug-likeness (QED) is 0.439. The molecule has 2 rings (SSSR count). The highest BCUT2D eigenvalue weighted by Crippen LogP contribution is 2.29. The summed E-state index contributed by atoms with van der Waals surface area (Å²) in [5.41, 5.74) is 3.36. The molecule has 6 heteroatoms. The summed E-state index contributed by atoms with van der Waals surface area (Å²) >= 11 is 1.25. The first kappa shape index (κ1) is 10.8. The number of nitrogens with one attached hydrogen (secondary N) is 1. The van der Waals surface area contributed by atoms with E-state index in [0.29, 0.717) is 6.61 Å². The molecule has 0 radical (unpaired) electrons. The van der Waals surface area contributed by atoms with Crippen molar-refractivity contribution in [3.8, 4) is 0 Å². The smallest absolute Gasteiger partial charge is 0.149 e. The van der Waals surface area contributed by atoms with Crippen LogP contribution < -0.4 is 11.3 Å². The first-order valence-corrected chi connectivity index (χ1v) is 6.03. The molecule has 0 saturated heterocycles. The molecule has 0 atom stereocenters. The van der Waals surface area contributed by atoms with Crippen LogP contribution in [0.25, 0.3) is 0 Å². The van der Waals surface area contributed by atoms with Gasteiger partial charge in [0.05, 0.1) is 6.61 Å². The Morgan fingerprint density at radius 3 is 3.07 bits per heavy atom. The number of aromatic nitrogens is 2.